The molecule has 0 radical (unpaired) electrons. The number of hydrogen-bond donors (Lipinski definition) is 0. The van der Waals surface area contributed by atoms with Crippen LogP contribution >= 0.6 is 23.1 Å². The second kappa shape index (κ2) is 6.25. The third-order valence-electron chi connectivity index (χ3n) is 3.88. The van der Waals surface area contributed by atoms with Crippen LogP contribution in [0.2, 0.25) is 0 Å². The average molecular weight is 367 g/mol. The van der Waals surface area contributed by atoms with E-state index in [0.717, 1.165) is 4.88 Å². The maximum atomic E-state index is 4.14. The molecule has 0 aliphatic carbocycles. The van der Waals surface area contributed by atoms with E-state index in [-0.39, 0.29) is 5.54 Å². The molecule has 2 aromatic rings. The van der Waals surface area contributed by atoms with Crippen LogP contribution in [-0.2, 0) is 0 Å². The number of fused-ring (bicyclic) bond motifs is 1. The van der Waals surface area contributed by atoms with Gasteiger partial charge in [0.2, 0.25) is 5.82 Å². The summed E-state index contributed by atoms with van der Waals surface area (Å²) in [7, 11) is 0. The molecule has 0 bridgehead atoms. The summed E-state index contributed by atoms with van der Waals surface area (Å²) in [5.41, 5.74) is 1.60. The molecule has 6 heteroatoms. The van der Waals surface area contributed by atoms with Crippen molar-refractivity contribution in [2.24, 2.45) is 0 Å². The third kappa shape index (κ3) is 3.17. The summed E-state index contributed by atoms with van der Waals surface area (Å²) in [5.74, 6) is 6.75. The van der Waals surface area contributed by atoms with Gasteiger partial charge in [0, 0.05) is 30.3 Å². The molecule has 4 nitrogen and oxygen atoms in total. The Balaban J connectivity index is 1.63. The fourth-order valence-corrected chi connectivity index (χ4v) is 4.88. The van der Waals surface area contributed by atoms with Gasteiger partial charge in [-0.3, -0.25) is 0 Å². The molecule has 1 unspecified atom stereocenters. The van der Waals surface area contributed by atoms with Crippen LogP contribution in [0.15, 0.2) is 48.4 Å². The fraction of sp³-hybridized carbons (Fsp3) is 0.263. The summed E-state index contributed by atoms with van der Waals surface area (Å²) in [6.45, 7) is 6.76. The van der Waals surface area contributed by atoms with Crippen molar-refractivity contribution in [1.29, 1.82) is 0 Å². The van der Waals surface area contributed by atoms with Gasteiger partial charge >= 0.3 is 0 Å². The molecule has 0 amide bonds. The zero-order chi connectivity index (χ0) is 17.4. The number of hydrogen-bond acceptors (Lipinski definition) is 6. The van der Waals surface area contributed by atoms with Crippen LogP contribution in [0.5, 0.6) is 0 Å². The van der Waals surface area contributed by atoms with Crippen molar-refractivity contribution >= 4 is 28.8 Å². The van der Waals surface area contributed by atoms with Gasteiger partial charge in [0.15, 0.2) is 5.50 Å². The Labute approximate surface area is 156 Å². The summed E-state index contributed by atoms with van der Waals surface area (Å²) < 4.78 is 0. The Kier molecular flexibility index (Phi) is 4.06. The lowest BCUT2D eigenvalue weighted by Gasteiger charge is -2.39. The Morgan fingerprint density at radius 3 is 2.68 bits per heavy atom. The predicted molar refractivity (Wildman–Crippen MR) is 104 cm³/mol. The summed E-state index contributed by atoms with van der Waals surface area (Å²) in [6, 6.07) is 6.02. The summed E-state index contributed by atoms with van der Waals surface area (Å²) in [6.07, 6.45) is 7.79. The van der Waals surface area contributed by atoms with E-state index in [1.807, 2.05) is 11.8 Å². The minimum Gasteiger partial charge on any atom is -0.335 e. The van der Waals surface area contributed by atoms with Crippen molar-refractivity contribution in [1.82, 2.24) is 19.8 Å². The minimum atomic E-state index is 0.0397. The van der Waals surface area contributed by atoms with E-state index in [4.69, 9.17) is 0 Å². The molecule has 0 N–H and O–H groups in total. The highest BCUT2D eigenvalue weighted by Crippen LogP contribution is 2.45. The van der Waals surface area contributed by atoms with Gasteiger partial charge in [-0.25, -0.2) is 9.97 Å². The first kappa shape index (κ1) is 16.2. The molecule has 0 saturated heterocycles. The van der Waals surface area contributed by atoms with Gasteiger partial charge in [0.1, 0.15) is 0 Å². The smallest absolute Gasteiger partial charge is 0.205 e. The molecule has 25 heavy (non-hydrogen) atoms. The Morgan fingerprint density at radius 2 is 1.92 bits per heavy atom. The van der Waals surface area contributed by atoms with Gasteiger partial charge in [-0.05, 0) is 56.2 Å². The Morgan fingerprint density at radius 1 is 1.12 bits per heavy atom. The molecule has 2 aliphatic heterocycles. The molecular formula is C19H18N4S2. The number of thiophene rings is 1. The maximum Gasteiger partial charge on any atom is 0.205 e. The molecule has 4 rings (SSSR count). The molecule has 126 valence electrons. The van der Waals surface area contributed by atoms with Crippen LogP contribution in [0.1, 0.15) is 36.3 Å². The number of nitrogens with zero attached hydrogens (tertiary/aromatic N) is 4. The second-order valence-electron chi connectivity index (χ2n) is 6.74. The van der Waals surface area contributed by atoms with Crippen molar-refractivity contribution in [2.45, 2.75) is 31.8 Å². The van der Waals surface area contributed by atoms with Gasteiger partial charge in [-0.2, -0.15) is 0 Å². The van der Waals surface area contributed by atoms with Crippen molar-refractivity contribution < 1.29 is 0 Å². The van der Waals surface area contributed by atoms with E-state index in [2.05, 4.69) is 82.3 Å². The maximum absolute atomic E-state index is 4.14. The normalized spacial score (nSPS) is 18.8. The van der Waals surface area contributed by atoms with E-state index in [1.165, 1.54) is 10.6 Å². The minimum absolute atomic E-state index is 0.0397. The van der Waals surface area contributed by atoms with Crippen LogP contribution < -0.4 is 0 Å². The van der Waals surface area contributed by atoms with Crippen LogP contribution in [0.3, 0.4) is 0 Å². The van der Waals surface area contributed by atoms with E-state index in [0.29, 0.717) is 11.3 Å². The SMILES string of the molecule is CC(C)(C)N1C(c2ccc(C#Cc3ncccn3)s2)=CN2C=CSC21. The Bertz CT molecular complexity index is 897. The Hall–Kier alpha value is -2.23. The van der Waals surface area contributed by atoms with Gasteiger partial charge in [0.25, 0.3) is 0 Å². The quantitative estimate of drug-likeness (QED) is 0.708. The van der Waals surface area contributed by atoms with E-state index >= 15 is 0 Å². The highest BCUT2D eigenvalue weighted by atomic mass is 32.2. The number of aromatic nitrogens is 2. The number of thioether (sulfide) groups is 1. The second-order valence-corrected chi connectivity index (χ2v) is 8.79. The van der Waals surface area contributed by atoms with Crippen molar-refractivity contribution in [3.63, 3.8) is 0 Å². The molecule has 1 atom stereocenters. The largest absolute Gasteiger partial charge is 0.335 e. The van der Waals surface area contributed by atoms with E-state index < -0.39 is 0 Å². The third-order valence-corrected chi connectivity index (χ3v) is 5.88. The van der Waals surface area contributed by atoms with Crippen LogP contribution in [0.25, 0.3) is 5.70 Å². The predicted octanol–water partition coefficient (Wildman–Crippen LogP) is 4.15. The standard InChI is InChI=1S/C19H18N4S2/c1-19(2,3)23-15(13-22-11-12-24-18(22)23)16-7-5-14(25-16)6-8-17-20-9-4-10-21-17/h4-5,7,9-13,18H,1-3H3. The lowest BCUT2D eigenvalue weighted by Crippen LogP contribution is -2.45. The molecule has 0 saturated carbocycles. The monoisotopic (exact) mass is 366 g/mol. The van der Waals surface area contributed by atoms with Gasteiger partial charge in [0.05, 0.1) is 15.5 Å². The van der Waals surface area contributed by atoms with Crippen molar-refractivity contribution in [2.75, 3.05) is 0 Å². The topological polar surface area (TPSA) is 32.3 Å². The highest BCUT2D eigenvalue weighted by Gasteiger charge is 2.40. The average Bonchev–Trinajstić information content (AvgIpc) is 3.27. The molecular weight excluding hydrogens is 348 g/mol. The molecule has 0 spiro atoms. The fourth-order valence-electron chi connectivity index (χ4n) is 2.84. The van der Waals surface area contributed by atoms with Gasteiger partial charge in [-0.1, -0.05) is 11.8 Å². The zero-order valence-corrected chi connectivity index (χ0v) is 15.9. The van der Waals surface area contributed by atoms with Gasteiger partial charge in [-0.15, -0.1) is 11.3 Å². The lowest BCUT2D eigenvalue weighted by molar-refractivity contribution is 0.173. The van der Waals surface area contributed by atoms with Crippen LogP contribution in [-0.4, -0.2) is 30.8 Å². The molecule has 2 aromatic heterocycles. The van der Waals surface area contributed by atoms with E-state index in [9.17, 15) is 0 Å². The van der Waals surface area contributed by atoms with E-state index in [1.54, 1.807) is 29.8 Å². The molecule has 2 aliphatic rings. The first-order valence-corrected chi connectivity index (χ1v) is 9.78. The van der Waals surface area contributed by atoms with Crippen LogP contribution in [0.4, 0.5) is 0 Å². The summed E-state index contributed by atoms with van der Waals surface area (Å²) >= 11 is 3.55. The summed E-state index contributed by atoms with van der Waals surface area (Å²) in [4.78, 5) is 15.3. The highest BCUT2D eigenvalue weighted by molar-refractivity contribution is 8.02. The first-order chi connectivity index (χ1) is 12.0. The summed E-state index contributed by atoms with van der Waals surface area (Å²) in [5, 5.41) is 2.15. The number of rotatable bonds is 1. The lowest BCUT2D eigenvalue weighted by atomic mass is 10.1. The molecule has 4 heterocycles. The van der Waals surface area contributed by atoms with Gasteiger partial charge < -0.3 is 9.80 Å². The van der Waals surface area contributed by atoms with Crippen molar-refractivity contribution in [3.05, 3.63) is 64.0 Å². The van der Waals surface area contributed by atoms with Crippen molar-refractivity contribution in [3.8, 4) is 11.8 Å². The molecule has 0 aromatic carbocycles. The molecule has 0 fully saturated rings. The van der Waals surface area contributed by atoms with Crippen LogP contribution in [0, 0.1) is 11.8 Å². The zero-order valence-electron chi connectivity index (χ0n) is 14.3. The first-order valence-electron chi connectivity index (χ1n) is 8.02.